The van der Waals surface area contributed by atoms with E-state index in [1.165, 1.54) is 19.6 Å². The Labute approximate surface area is 227 Å². The normalized spacial score (nSPS) is 9.03. The van der Waals surface area contributed by atoms with Crippen molar-refractivity contribution < 1.29 is 24.0 Å². The average molecular weight is 537 g/mol. The van der Waals surface area contributed by atoms with Gasteiger partial charge in [-0.3, -0.25) is 19.8 Å². The lowest BCUT2D eigenvalue weighted by Gasteiger charge is -1.96. The highest BCUT2D eigenvalue weighted by Gasteiger charge is 2.00. The summed E-state index contributed by atoms with van der Waals surface area (Å²) in [5.41, 5.74) is 0. The minimum Gasteiger partial charge on any atom is -0.304 e. The molecule has 0 aliphatic heterocycles. The minimum absolute atomic E-state index is 0.255. The number of rotatable bonds is 13. The molecule has 216 valence electrons. The number of unbranched alkanes of at least 4 members (excludes halogenated alkanes) is 1. The summed E-state index contributed by atoms with van der Waals surface area (Å²) in [6.45, 7) is 12.1. The fourth-order valence-electron chi connectivity index (χ4n) is 2.12. The SMILES string of the molecule is CC=O.CCC(=O)CCCCc1ncn[nH]1.CCC(=O)CCCc1ncn[nH]1.CCC(C)=O.CCC(C)=O. The first-order valence-corrected chi connectivity index (χ1v) is 13.2. The Balaban J connectivity index is -0.000000448. The molecule has 0 saturated carbocycles. The van der Waals surface area contributed by atoms with Gasteiger partial charge in [-0.25, -0.2) is 9.97 Å². The summed E-state index contributed by atoms with van der Waals surface area (Å²) in [5.74, 6) is 2.94. The number of aryl methyl sites for hydroxylation is 2. The zero-order chi connectivity index (χ0) is 29.6. The fraction of sp³-hybridized carbons (Fsp3) is 0.667. The van der Waals surface area contributed by atoms with E-state index in [-0.39, 0.29) is 11.6 Å². The van der Waals surface area contributed by atoms with Crippen molar-refractivity contribution in [3.05, 3.63) is 24.3 Å². The molecular formula is C27H48N6O5. The second-order valence-electron chi connectivity index (χ2n) is 8.06. The number of aldehydes is 1. The molecule has 0 radical (unpaired) electrons. The second kappa shape index (κ2) is 29.9. The number of hydrogen-bond acceptors (Lipinski definition) is 9. The van der Waals surface area contributed by atoms with Gasteiger partial charge in [0.1, 0.15) is 53.7 Å². The second-order valence-corrected chi connectivity index (χ2v) is 8.06. The molecule has 2 aromatic rings. The van der Waals surface area contributed by atoms with E-state index in [9.17, 15) is 19.2 Å². The Morgan fingerprint density at radius 2 is 1.03 bits per heavy atom. The summed E-state index contributed by atoms with van der Waals surface area (Å²) in [6.07, 6.45) is 12.2. The number of nitrogens with one attached hydrogen (secondary N) is 2. The molecule has 2 heterocycles. The van der Waals surface area contributed by atoms with Crippen LogP contribution < -0.4 is 0 Å². The van der Waals surface area contributed by atoms with Gasteiger partial charge in [0.25, 0.3) is 0 Å². The highest BCUT2D eigenvalue weighted by atomic mass is 16.1. The average Bonchev–Trinajstić information content (AvgIpc) is 3.62. The number of aromatic amines is 2. The molecular weight excluding hydrogens is 488 g/mol. The van der Waals surface area contributed by atoms with E-state index in [1.807, 2.05) is 27.7 Å². The van der Waals surface area contributed by atoms with Gasteiger partial charge in [0.2, 0.25) is 0 Å². The predicted molar refractivity (Wildman–Crippen MR) is 148 cm³/mol. The van der Waals surface area contributed by atoms with Crippen LogP contribution in [0.5, 0.6) is 0 Å². The van der Waals surface area contributed by atoms with Crippen LogP contribution in [0.2, 0.25) is 0 Å². The molecule has 2 aromatic heterocycles. The third-order valence-corrected chi connectivity index (χ3v) is 4.70. The molecule has 0 fully saturated rings. The predicted octanol–water partition coefficient (Wildman–Crippen LogP) is 4.78. The van der Waals surface area contributed by atoms with Crippen molar-refractivity contribution in [3.8, 4) is 0 Å². The first kappa shape index (κ1) is 39.1. The molecule has 0 unspecified atom stereocenters. The van der Waals surface area contributed by atoms with Gasteiger partial charge in [0, 0.05) is 51.4 Å². The lowest BCUT2D eigenvalue weighted by Crippen LogP contribution is -1.97. The Morgan fingerprint density at radius 3 is 1.32 bits per heavy atom. The summed E-state index contributed by atoms with van der Waals surface area (Å²) < 4.78 is 0. The Hall–Kier alpha value is -3.37. The maximum atomic E-state index is 10.9. The largest absolute Gasteiger partial charge is 0.304 e. The Kier molecular flexibility index (Phi) is 30.8. The van der Waals surface area contributed by atoms with Crippen molar-refractivity contribution in [1.29, 1.82) is 0 Å². The number of aromatic nitrogens is 6. The molecule has 2 rings (SSSR count). The first-order chi connectivity index (χ1) is 18.1. The lowest BCUT2D eigenvalue weighted by atomic mass is 10.1. The van der Waals surface area contributed by atoms with Gasteiger partial charge in [0.05, 0.1) is 0 Å². The molecule has 0 atom stereocenters. The first-order valence-electron chi connectivity index (χ1n) is 13.2. The van der Waals surface area contributed by atoms with E-state index in [0.717, 1.165) is 50.0 Å². The molecule has 11 heteroatoms. The van der Waals surface area contributed by atoms with E-state index in [0.29, 0.717) is 50.1 Å². The molecule has 0 saturated heterocycles. The third-order valence-electron chi connectivity index (χ3n) is 4.70. The Morgan fingerprint density at radius 1 is 0.684 bits per heavy atom. The quantitative estimate of drug-likeness (QED) is 0.270. The van der Waals surface area contributed by atoms with E-state index < -0.39 is 0 Å². The van der Waals surface area contributed by atoms with Crippen LogP contribution in [0.1, 0.15) is 118 Å². The van der Waals surface area contributed by atoms with Crippen molar-refractivity contribution in [2.24, 2.45) is 0 Å². The van der Waals surface area contributed by atoms with Crippen molar-refractivity contribution in [1.82, 2.24) is 30.4 Å². The number of carbonyl (C=O) groups excluding carboxylic acids is 5. The highest BCUT2D eigenvalue weighted by molar-refractivity contribution is 5.78. The molecule has 38 heavy (non-hydrogen) atoms. The number of Topliss-reactive ketones (excluding diaryl/α,β-unsaturated/α-hetero) is 4. The number of carbonyl (C=O) groups is 5. The van der Waals surface area contributed by atoms with E-state index in [2.05, 4.69) is 30.4 Å². The summed E-state index contributed by atoms with van der Waals surface area (Å²) in [5, 5.41) is 13.0. The molecule has 0 amide bonds. The molecule has 11 nitrogen and oxygen atoms in total. The number of hydrogen-bond donors (Lipinski definition) is 2. The minimum atomic E-state index is 0.255. The zero-order valence-electron chi connectivity index (χ0n) is 24.3. The van der Waals surface area contributed by atoms with E-state index >= 15 is 0 Å². The van der Waals surface area contributed by atoms with Crippen molar-refractivity contribution in [3.63, 3.8) is 0 Å². The smallest absolute Gasteiger partial charge is 0.137 e. The van der Waals surface area contributed by atoms with Crippen LogP contribution >= 0.6 is 0 Å². The van der Waals surface area contributed by atoms with Crippen LogP contribution in [0.4, 0.5) is 0 Å². The van der Waals surface area contributed by atoms with Crippen molar-refractivity contribution in [2.75, 3.05) is 0 Å². The molecule has 0 aromatic carbocycles. The molecule has 0 spiro atoms. The molecule has 0 bridgehead atoms. The Bertz CT molecular complexity index is 822. The van der Waals surface area contributed by atoms with Crippen LogP contribution in [0.15, 0.2) is 12.7 Å². The fourth-order valence-corrected chi connectivity index (χ4v) is 2.12. The monoisotopic (exact) mass is 536 g/mol. The van der Waals surface area contributed by atoms with Crippen LogP contribution in [-0.4, -0.2) is 59.8 Å². The summed E-state index contributed by atoms with van der Waals surface area (Å²) in [6, 6.07) is 0. The van der Waals surface area contributed by atoms with Crippen molar-refractivity contribution in [2.45, 2.75) is 119 Å². The van der Waals surface area contributed by atoms with Crippen molar-refractivity contribution >= 4 is 29.4 Å². The lowest BCUT2D eigenvalue weighted by molar-refractivity contribution is -0.119. The number of nitrogens with zero attached hydrogens (tertiary/aromatic N) is 4. The number of ketones is 4. The topological polar surface area (TPSA) is 168 Å². The maximum Gasteiger partial charge on any atom is 0.137 e. The third kappa shape index (κ3) is 32.6. The standard InChI is InChI=1S/C9H15N3O.C8H13N3O.2C4H8O.C2H4O/c1-2-8(13)5-3-4-6-9-10-7-11-12-9;1-2-7(12)4-3-5-8-9-6-10-11-8;2*1-3-4(2)5;1-2-3/h7H,2-6H2,1H3,(H,10,11,12);6H,2-5H2,1H3,(H,9,10,11);2*3H2,1-2H3;2H,1H3. The molecule has 2 N–H and O–H groups in total. The number of H-pyrrole nitrogens is 2. The van der Waals surface area contributed by atoms with Gasteiger partial charge in [-0.05, 0) is 40.0 Å². The van der Waals surface area contributed by atoms with Crippen LogP contribution in [0, 0.1) is 0 Å². The maximum absolute atomic E-state index is 10.9. The summed E-state index contributed by atoms with van der Waals surface area (Å²) in [4.78, 5) is 58.2. The van der Waals surface area contributed by atoms with Crippen LogP contribution in [0.3, 0.4) is 0 Å². The van der Waals surface area contributed by atoms with E-state index in [1.54, 1.807) is 13.8 Å². The van der Waals surface area contributed by atoms with Gasteiger partial charge in [0.15, 0.2) is 0 Å². The van der Waals surface area contributed by atoms with Gasteiger partial charge in [-0.2, -0.15) is 10.2 Å². The van der Waals surface area contributed by atoms with Gasteiger partial charge in [-0.1, -0.05) is 27.7 Å². The summed E-state index contributed by atoms with van der Waals surface area (Å²) in [7, 11) is 0. The molecule has 0 aliphatic rings. The molecule has 0 aliphatic carbocycles. The van der Waals surface area contributed by atoms with Gasteiger partial charge in [-0.15, -0.1) is 0 Å². The highest BCUT2D eigenvalue weighted by Crippen LogP contribution is 2.03. The summed E-state index contributed by atoms with van der Waals surface area (Å²) >= 11 is 0. The van der Waals surface area contributed by atoms with Gasteiger partial charge < -0.3 is 14.4 Å². The van der Waals surface area contributed by atoms with E-state index in [4.69, 9.17) is 4.79 Å². The van der Waals surface area contributed by atoms with Gasteiger partial charge >= 0.3 is 0 Å². The zero-order valence-corrected chi connectivity index (χ0v) is 24.3. The van der Waals surface area contributed by atoms with Crippen LogP contribution in [0.25, 0.3) is 0 Å². The van der Waals surface area contributed by atoms with Crippen LogP contribution in [-0.2, 0) is 36.8 Å².